The summed E-state index contributed by atoms with van der Waals surface area (Å²) >= 11 is 0. The molecule has 1 aromatic heterocycles. The molecule has 0 spiro atoms. The molecular weight excluding hydrogens is 272 g/mol. The van der Waals surface area contributed by atoms with E-state index in [4.69, 9.17) is 4.74 Å². The summed E-state index contributed by atoms with van der Waals surface area (Å²) in [5.74, 6) is -0.389. The second kappa shape index (κ2) is 7.61. The Morgan fingerprint density at radius 1 is 1.38 bits per heavy atom. The molecule has 1 N–H and O–H groups in total. The predicted molar refractivity (Wildman–Crippen MR) is 77.7 cm³/mol. The SMILES string of the molecule is COC(=O)CC(Cc1cccnc1)NC(=O)OC(C)(C)C. The zero-order chi connectivity index (χ0) is 15.9. The van der Waals surface area contributed by atoms with Crippen LogP contribution < -0.4 is 5.32 Å². The Bertz CT molecular complexity index is 468. The molecule has 1 aromatic rings. The van der Waals surface area contributed by atoms with Gasteiger partial charge in [0.1, 0.15) is 5.60 Å². The summed E-state index contributed by atoms with van der Waals surface area (Å²) < 4.78 is 9.86. The molecule has 0 saturated heterocycles. The number of aromatic nitrogens is 1. The number of ether oxygens (including phenoxy) is 2. The van der Waals surface area contributed by atoms with Gasteiger partial charge >= 0.3 is 12.1 Å². The van der Waals surface area contributed by atoms with Crippen molar-refractivity contribution in [3.8, 4) is 0 Å². The molecule has 0 radical (unpaired) electrons. The van der Waals surface area contributed by atoms with Crippen LogP contribution in [0.5, 0.6) is 0 Å². The van der Waals surface area contributed by atoms with E-state index in [2.05, 4.69) is 15.0 Å². The van der Waals surface area contributed by atoms with E-state index in [0.29, 0.717) is 6.42 Å². The van der Waals surface area contributed by atoms with Gasteiger partial charge in [-0.1, -0.05) is 6.07 Å². The van der Waals surface area contributed by atoms with E-state index >= 15 is 0 Å². The average Bonchev–Trinajstić information content (AvgIpc) is 2.37. The number of esters is 1. The summed E-state index contributed by atoms with van der Waals surface area (Å²) in [6.45, 7) is 5.34. The largest absolute Gasteiger partial charge is 0.469 e. The number of pyridine rings is 1. The third-order valence-corrected chi connectivity index (χ3v) is 2.57. The zero-order valence-electron chi connectivity index (χ0n) is 12.9. The maximum absolute atomic E-state index is 11.8. The van der Waals surface area contributed by atoms with Gasteiger partial charge < -0.3 is 14.8 Å². The molecule has 1 amide bonds. The van der Waals surface area contributed by atoms with Crippen molar-refractivity contribution in [1.29, 1.82) is 0 Å². The Hall–Kier alpha value is -2.11. The number of nitrogens with zero attached hydrogens (tertiary/aromatic N) is 1. The fraction of sp³-hybridized carbons (Fsp3) is 0.533. The van der Waals surface area contributed by atoms with Crippen molar-refractivity contribution >= 4 is 12.1 Å². The summed E-state index contributed by atoms with van der Waals surface area (Å²) in [7, 11) is 1.32. The highest BCUT2D eigenvalue weighted by Gasteiger charge is 2.22. The van der Waals surface area contributed by atoms with Crippen LogP contribution >= 0.6 is 0 Å². The molecular formula is C15H22N2O4. The lowest BCUT2D eigenvalue weighted by Gasteiger charge is -2.23. The maximum Gasteiger partial charge on any atom is 0.407 e. The number of methoxy groups -OCH3 is 1. The molecule has 0 saturated carbocycles. The van der Waals surface area contributed by atoms with Gasteiger partial charge in [0.2, 0.25) is 0 Å². The summed E-state index contributed by atoms with van der Waals surface area (Å²) in [6, 6.07) is 3.28. The second-order valence-corrected chi connectivity index (χ2v) is 5.69. The van der Waals surface area contributed by atoms with Crippen molar-refractivity contribution in [2.45, 2.75) is 45.3 Å². The summed E-state index contributed by atoms with van der Waals surface area (Å²) in [5.41, 5.74) is 0.330. The highest BCUT2D eigenvalue weighted by atomic mass is 16.6. The fourth-order valence-corrected chi connectivity index (χ4v) is 1.74. The first-order valence-corrected chi connectivity index (χ1v) is 6.75. The first-order valence-electron chi connectivity index (χ1n) is 6.75. The molecule has 0 bridgehead atoms. The summed E-state index contributed by atoms with van der Waals surface area (Å²) in [5, 5.41) is 2.70. The monoisotopic (exact) mass is 294 g/mol. The number of rotatable bonds is 5. The molecule has 0 aromatic carbocycles. The fourth-order valence-electron chi connectivity index (χ4n) is 1.74. The molecule has 6 heteroatoms. The van der Waals surface area contributed by atoms with Crippen LogP contribution in [0.1, 0.15) is 32.8 Å². The van der Waals surface area contributed by atoms with Crippen molar-refractivity contribution in [2.75, 3.05) is 7.11 Å². The third kappa shape index (κ3) is 7.29. The van der Waals surface area contributed by atoms with Gasteiger partial charge in [0.25, 0.3) is 0 Å². The van der Waals surface area contributed by atoms with Gasteiger partial charge in [-0.15, -0.1) is 0 Å². The maximum atomic E-state index is 11.8. The smallest absolute Gasteiger partial charge is 0.407 e. The molecule has 0 aliphatic rings. The highest BCUT2D eigenvalue weighted by molar-refractivity contribution is 5.72. The molecule has 116 valence electrons. The second-order valence-electron chi connectivity index (χ2n) is 5.69. The minimum Gasteiger partial charge on any atom is -0.469 e. The molecule has 1 rings (SSSR count). The summed E-state index contributed by atoms with van der Waals surface area (Å²) in [4.78, 5) is 27.3. The van der Waals surface area contributed by atoms with E-state index < -0.39 is 17.7 Å². The lowest BCUT2D eigenvalue weighted by atomic mass is 10.1. The van der Waals surface area contributed by atoms with Crippen LogP contribution in [0.4, 0.5) is 4.79 Å². The molecule has 6 nitrogen and oxygen atoms in total. The number of nitrogens with one attached hydrogen (secondary N) is 1. The molecule has 1 atom stereocenters. The van der Waals surface area contributed by atoms with Gasteiger partial charge in [0.05, 0.1) is 13.5 Å². The van der Waals surface area contributed by atoms with Gasteiger partial charge in [0.15, 0.2) is 0 Å². The van der Waals surface area contributed by atoms with Crippen molar-refractivity contribution in [3.63, 3.8) is 0 Å². The van der Waals surface area contributed by atoms with E-state index in [1.54, 1.807) is 39.2 Å². The molecule has 1 unspecified atom stereocenters. The van der Waals surface area contributed by atoms with E-state index in [1.807, 2.05) is 6.07 Å². The topological polar surface area (TPSA) is 77.5 Å². The average molecular weight is 294 g/mol. The molecule has 0 aliphatic carbocycles. The van der Waals surface area contributed by atoms with Crippen molar-refractivity contribution in [1.82, 2.24) is 10.3 Å². The normalized spacial score (nSPS) is 12.4. The predicted octanol–water partition coefficient (Wildman–Crippen LogP) is 2.08. The Balaban J connectivity index is 2.68. The number of hydrogen-bond acceptors (Lipinski definition) is 5. The van der Waals surface area contributed by atoms with Crippen molar-refractivity contribution in [2.24, 2.45) is 0 Å². The Labute approximate surface area is 124 Å². The standard InChI is InChI=1S/C15H22N2O4/c1-15(2,3)21-14(19)17-12(9-13(18)20-4)8-11-6-5-7-16-10-11/h5-7,10,12H,8-9H2,1-4H3,(H,17,19). The van der Waals surface area contributed by atoms with E-state index in [9.17, 15) is 9.59 Å². The van der Waals surface area contributed by atoms with Gasteiger partial charge in [0, 0.05) is 18.4 Å². The van der Waals surface area contributed by atoms with Crippen LogP contribution in [0.3, 0.4) is 0 Å². The lowest BCUT2D eigenvalue weighted by molar-refractivity contribution is -0.141. The number of amides is 1. The van der Waals surface area contributed by atoms with Gasteiger partial charge in [-0.3, -0.25) is 9.78 Å². The Morgan fingerprint density at radius 2 is 2.10 bits per heavy atom. The first kappa shape index (κ1) is 16.9. The molecule has 1 heterocycles. The molecule has 21 heavy (non-hydrogen) atoms. The van der Waals surface area contributed by atoms with E-state index in [1.165, 1.54) is 7.11 Å². The lowest BCUT2D eigenvalue weighted by Crippen LogP contribution is -2.41. The highest BCUT2D eigenvalue weighted by Crippen LogP contribution is 2.09. The minimum absolute atomic E-state index is 0.0740. The van der Waals surface area contributed by atoms with Gasteiger partial charge in [-0.2, -0.15) is 0 Å². The van der Waals surface area contributed by atoms with Crippen LogP contribution in [0.25, 0.3) is 0 Å². The van der Waals surface area contributed by atoms with Gasteiger partial charge in [-0.05, 0) is 38.8 Å². The molecule has 0 aliphatic heterocycles. The zero-order valence-corrected chi connectivity index (χ0v) is 12.9. The Morgan fingerprint density at radius 3 is 2.62 bits per heavy atom. The van der Waals surface area contributed by atoms with Gasteiger partial charge in [-0.25, -0.2) is 4.79 Å². The van der Waals surface area contributed by atoms with Crippen LogP contribution in [0.2, 0.25) is 0 Å². The number of alkyl carbamates (subject to hydrolysis) is 1. The van der Waals surface area contributed by atoms with E-state index in [0.717, 1.165) is 5.56 Å². The third-order valence-electron chi connectivity index (χ3n) is 2.57. The van der Waals surface area contributed by atoms with Crippen LogP contribution in [0.15, 0.2) is 24.5 Å². The minimum atomic E-state index is -0.589. The first-order chi connectivity index (χ1) is 9.80. The van der Waals surface area contributed by atoms with Crippen LogP contribution in [-0.4, -0.2) is 35.8 Å². The number of carbonyl (C=O) groups is 2. The van der Waals surface area contributed by atoms with Crippen LogP contribution in [-0.2, 0) is 20.7 Å². The Kier molecular flexibility index (Phi) is 6.14. The van der Waals surface area contributed by atoms with Crippen molar-refractivity contribution < 1.29 is 19.1 Å². The molecule has 0 fully saturated rings. The summed E-state index contributed by atoms with van der Waals surface area (Å²) in [6.07, 6.45) is 3.36. The number of hydrogen-bond donors (Lipinski definition) is 1. The number of carbonyl (C=O) groups excluding carboxylic acids is 2. The van der Waals surface area contributed by atoms with Crippen molar-refractivity contribution in [3.05, 3.63) is 30.1 Å². The van der Waals surface area contributed by atoms with Crippen LogP contribution in [0, 0.1) is 0 Å². The quantitative estimate of drug-likeness (QED) is 0.841. The van der Waals surface area contributed by atoms with E-state index in [-0.39, 0.29) is 12.4 Å².